The average Bonchev–Trinajstić information content (AvgIpc) is 3.29. The van der Waals surface area contributed by atoms with Gasteiger partial charge < -0.3 is 0 Å². The van der Waals surface area contributed by atoms with Crippen LogP contribution in [0.4, 0.5) is 0 Å². The standard InChI is InChI=1S/3C8H11.Y/c3*1-7(2)8-5-3-4-6-8;/h3*3-7H,1-2H3;/q3*-1;+3. The predicted octanol–water partition coefficient (Wildman–Crippen LogP) is 7.58. The molecule has 0 aliphatic carbocycles. The van der Waals surface area contributed by atoms with Gasteiger partial charge in [-0.1, -0.05) is 41.5 Å². The van der Waals surface area contributed by atoms with Crippen LogP contribution in [-0.2, 0) is 32.7 Å². The topological polar surface area (TPSA) is 0 Å². The number of hydrogen-bond acceptors (Lipinski definition) is 0. The van der Waals surface area contributed by atoms with E-state index in [1.165, 1.54) is 16.7 Å². The van der Waals surface area contributed by atoms with Crippen molar-refractivity contribution in [2.75, 3.05) is 0 Å². The van der Waals surface area contributed by atoms with E-state index in [0.717, 1.165) is 0 Å². The zero-order valence-corrected chi connectivity index (χ0v) is 19.6. The van der Waals surface area contributed by atoms with Gasteiger partial charge in [-0.3, -0.25) is 0 Å². The molecule has 3 aromatic carbocycles. The van der Waals surface area contributed by atoms with Crippen LogP contribution in [0.25, 0.3) is 0 Å². The van der Waals surface area contributed by atoms with Crippen molar-refractivity contribution >= 4 is 0 Å². The molecule has 0 saturated carbocycles. The molecule has 0 aliphatic rings. The van der Waals surface area contributed by atoms with Gasteiger partial charge in [0.1, 0.15) is 0 Å². The Hall–Kier alpha value is -0.846. The van der Waals surface area contributed by atoms with E-state index in [1.807, 2.05) is 0 Å². The zero-order valence-electron chi connectivity index (χ0n) is 16.7. The summed E-state index contributed by atoms with van der Waals surface area (Å²) in [5, 5.41) is 0. The van der Waals surface area contributed by atoms with Crippen molar-refractivity contribution in [1.82, 2.24) is 0 Å². The van der Waals surface area contributed by atoms with Crippen LogP contribution in [-0.4, -0.2) is 0 Å². The SMILES string of the molecule is CC(C)c1ccc[cH-]1.CC(C)c1ccc[cH-]1.CC(C)c1ccc[cH-]1.[Y+3]. The molecule has 0 aromatic heterocycles. The summed E-state index contributed by atoms with van der Waals surface area (Å²) < 4.78 is 0. The normalized spacial score (nSPS) is 9.96. The van der Waals surface area contributed by atoms with Crippen molar-refractivity contribution in [1.29, 1.82) is 0 Å². The fourth-order valence-electron chi connectivity index (χ4n) is 2.32. The van der Waals surface area contributed by atoms with Gasteiger partial charge in [-0.05, 0) is 17.8 Å². The van der Waals surface area contributed by atoms with Gasteiger partial charge in [-0.2, -0.15) is 53.1 Å². The van der Waals surface area contributed by atoms with E-state index in [2.05, 4.69) is 114 Å². The third-order valence-electron chi connectivity index (χ3n) is 4.07. The Balaban J connectivity index is 0.000000339. The van der Waals surface area contributed by atoms with Gasteiger partial charge in [-0.25, -0.2) is 36.4 Å². The minimum Gasteiger partial charge on any atom is -0.213 e. The minimum absolute atomic E-state index is 0. The summed E-state index contributed by atoms with van der Waals surface area (Å²) in [6.07, 6.45) is 0. The Labute approximate surface area is 180 Å². The fraction of sp³-hybridized carbons (Fsp3) is 0.375. The largest absolute Gasteiger partial charge is 3.00 e. The summed E-state index contributed by atoms with van der Waals surface area (Å²) in [5.41, 5.74) is 4.31. The van der Waals surface area contributed by atoms with Gasteiger partial charge in [0, 0.05) is 0 Å². The van der Waals surface area contributed by atoms with E-state index < -0.39 is 0 Å². The van der Waals surface area contributed by atoms with Crippen LogP contribution in [0.3, 0.4) is 0 Å². The second-order valence-electron chi connectivity index (χ2n) is 7.12. The molecule has 0 radical (unpaired) electrons. The first-order valence-corrected chi connectivity index (χ1v) is 9.06. The first-order valence-electron chi connectivity index (χ1n) is 9.06. The summed E-state index contributed by atoms with van der Waals surface area (Å²) in [7, 11) is 0. The summed E-state index contributed by atoms with van der Waals surface area (Å²) in [4.78, 5) is 0. The molecule has 3 rings (SSSR count). The molecule has 0 atom stereocenters. The molecule has 0 bridgehead atoms. The first-order chi connectivity index (χ1) is 11.4. The van der Waals surface area contributed by atoms with Crippen molar-refractivity contribution in [2.24, 2.45) is 0 Å². The Kier molecular flexibility index (Phi) is 12.9. The van der Waals surface area contributed by atoms with Crippen LogP contribution in [0.2, 0.25) is 0 Å². The van der Waals surface area contributed by atoms with Crippen LogP contribution in [0.1, 0.15) is 76.0 Å². The molecule has 0 saturated heterocycles. The van der Waals surface area contributed by atoms with Gasteiger partial charge in [0.25, 0.3) is 0 Å². The predicted molar refractivity (Wildman–Crippen MR) is 108 cm³/mol. The number of hydrogen-bond donors (Lipinski definition) is 0. The molecule has 3 aromatic rings. The molecule has 0 spiro atoms. The molecule has 0 unspecified atom stereocenters. The second kappa shape index (κ2) is 13.4. The van der Waals surface area contributed by atoms with Gasteiger partial charge in [-0.15, -0.1) is 0 Å². The van der Waals surface area contributed by atoms with E-state index in [-0.39, 0.29) is 32.7 Å². The smallest absolute Gasteiger partial charge is 0.213 e. The monoisotopic (exact) mass is 410 g/mol. The molecular formula is C24H33Y. The van der Waals surface area contributed by atoms with Gasteiger partial charge in [0.2, 0.25) is 0 Å². The summed E-state index contributed by atoms with van der Waals surface area (Å²) in [6, 6.07) is 25.4. The van der Waals surface area contributed by atoms with E-state index in [1.54, 1.807) is 0 Å². The summed E-state index contributed by atoms with van der Waals surface area (Å²) in [6.45, 7) is 13.2. The molecule has 0 amide bonds. The van der Waals surface area contributed by atoms with Crippen molar-refractivity contribution in [3.63, 3.8) is 0 Å². The van der Waals surface area contributed by atoms with E-state index in [0.29, 0.717) is 17.8 Å². The fourth-order valence-corrected chi connectivity index (χ4v) is 2.32. The average molecular weight is 410 g/mol. The molecular weight excluding hydrogens is 377 g/mol. The molecule has 0 N–H and O–H groups in total. The molecule has 25 heavy (non-hydrogen) atoms. The van der Waals surface area contributed by atoms with E-state index in [4.69, 9.17) is 0 Å². The molecule has 132 valence electrons. The second-order valence-corrected chi connectivity index (χ2v) is 7.12. The van der Waals surface area contributed by atoms with Gasteiger partial charge >= 0.3 is 32.7 Å². The van der Waals surface area contributed by atoms with Crippen LogP contribution in [0.15, 0.2) is 72.8 Å². The first kappa shape index (κ1) is 24.2. The van der Waals surface area contributed by atoms with Crippen LogP contribution < -0.4 is 0 Å². The van der Waals surface area contributed by atoms with Gasteiger partial charge in [0.15, 0.2) is 0 Å². The van der Waals surface area contributed by atoms with E-state index >= 15 is 0 Å². The number of rotatable bonds is 3. The van der Waals surface area contributed by atoms with Crippen molar-refractivity contribution in [3.8, 4) is 0 Å². The molecule has 0 nitrogen and oxygen atoms in total. The van der Waals surface area contributed by atoms with Crippen LogP contribution in [0, 0.1) is 0 Å². The van der Waals surface area contributed by atoms with Crippen LogP contribution >= 0.6 is 0 Å². The zero-order chi connectivity index (χ0) is 17.9. The third-order valence-corrected chi connectivity index (χ3v) is 4.07. The Morgan fingerprint density at radius 3 is 0.840 bits per heavy atom. The Morgan fingerprint density at radius 1 is 0.520 bits per heavy atom. The minimum atomic E-state index is 0. The maximum atomic E-state index is 2.20. The van der Waals surface area contributed by atoms with E-state index in [9.17, 15) is 0 Å². The summed E-state index contributed by atoms with van der Waals surface area (Å²) in [5.74, 6) is 2.06. The van der Waals surface area contributed by atoms with Crippen molar-refractivity contribution in [2.45, 2.75) is 59.3 Å². The Morgan fingerprint density at radius 2 is 0.760 bits per heavy atom. The molecule has 0 fully saturated rings. The van der Waals surface area contributed by atoms with Crippen molar-refractivity contribution in [3.05, 3.63) is 89.5 Å². The third kappa shape index (κ3) is 10.0. The molecule has 0 aliphatic heterocycles. The molecule has 0 heterocycles. The maximum absolute atomic E-state index is 2.20. The summed E-state index contributed by atoms with van der Waals surface area (Å²) >= 11 is 0. The maximum Gasteiger partial charge on any atom is 3.00 e. The Bertz CT molecular complexity index is 502. The van der Waals surface area contributed by atoms with Crippen molar-refractivity contribution < 1.29 is 32.7 Å². The van der Waals surface area contributed by atoms with Crippen LogP contribution in [0.5, 0.6) is 0 Å². The quantitative estimate of drug-likeness (QED) is 0.390. The molecule has 1 heteroatoms. The van der Waals surface area contributed by atoms with Gasteiger partial charge in [0.05, 0.1) is 0 Å².